The van der Waals surface area contributed by atoms with Gasteiger partial charge in [0.15, 0.2) is 12.0 Å². The summed E-state index contributed by atoms with van der Waals surface area (Å²) in [6, 6.07) is 17.2. The highest BCUT2D eigenvalue weighted by molar-refractivity contribution is 6.07. The summed E-state index contributed by atoms with van der Waals surface area (Å²) in [6.45, 7) is 4.80. The Kier molecular flexibility index (Phi) is 5.24. The van der Waals surface area contributed by atoms with E-state index in [-0.39, 0.29) is 5.91 Å². The van der Waals surface area contributed by atoms with E-state index in [2.05, 4.69) is 34.4 Å². The molecule has 2 aromatic heterocycles. The number of oxazole rings is 1. The summed E-state index contributed by atoms with van der Waals surface area (Å²) in [5.74, 6) is 0.777. The van der Waals surface area contributed by atoms with Gasteiger partial charge in [-0.3, -0.25) is 4.79 Å². The molecule has 6 heteroatoms. The predicted molar refractivity (Wildman–Crippen MR) is 114 cm³/mol. The van der Waals surface area contributed by atoms with Gasteiger partial charge in [0.05, 0.1) is 5.56 Å². The number of hydrogen-bond donors (Lipinski definition) is 2. The molecule has 0 radical (unpaired) electrons. The average molecular weight is 386 g/mol. The zero-order valence-corrected chi connectivity index (χ0v) is 16.3. The highest BCUT2D eigenvalue weighted by Crippen LogP contribution is 2.20. The van der Waals surface area contributed by atoms with E-state index in [1.54, 1.807) is 18.3 Å². The SMILES string of the molecule is CC(C)c1ccc(NC(=O)c2cccnc2NCc2ccc3ocnc3c2)cc1. The van der Waals surface area contributed by atoms with Crippen LogP contribution in [0.25, 0.3) is 11.1 Å². The number of carbonyl (C=O) groups is 1. The number of anilines is 2. The van der Waals surface area contributed by atoms with Gasteiger partial charge in [0, 0.05) is 18.4 Å². The Morgan fingerprint density at radius 2 is 1.90 bits per heavy atom. The smallest absolute Gasteiger partial charge is 0.259 e. The zero-order chi connectivity index (χ0) is 20.2. The Hall–Kier alpha value is -3.67. The third kappa shape index (κ3) is 4.27. The molecule has 0 aliphatic heterocycles. The standard InChI is InChI=1S/C23H22N4O2/c1-15(2)17-6-8-18(9-7-17)27-23(28)19-4-3-11-24-22(19)25-13-16-5-10-21-20(12-16)26-14-29-21/h3-12,14-15H,13H2,1-2H3,(H,24,25)(H,27,28). The highest BCUT2D eigenvalue weighted by Gasteiger charge is 2.13. The van der Waals surface area contributed by atoms with Crippen LogP contribution in [0.15, 0.2) is 71.6 Å². The second-order valence-corrected chi connectivity index (χ2v) is 7.14. The second-order valence-electron chi connectivity index (χ2n) is 7.14. The number of nitrogens with zero attached hydrogens (tertiary/aromatic N) is 2. The van der Waals surface area contributed by atoms with E-state index in [1.807, 2.05) is 42.5 Å². The van der Waals surface area contributed by atoms with E-state index in [1.165, 1.54) is 12.0 Å². The summed E-state index contributed by atoms with van der Waals surface area (Å²) in [4.78, 5) is 21.3. The van der Waals surface area contributed by atoms with Gasteiger partial charge in [-0.05, 0) is 53.4 Å². The average Bonchev–Trinajstić information content (AvgIpc) is 3.20. The lowest BCUT2D eigenvalue weighted by Crippen LogP contribution is -2.15. The number of aromatic nitrogens is 2. The molecule has 0 saturated heterocycles. The number of carbonyl (C=O) groups excluding carboxylic acids is 1. The number of rotatable bonds is 6. The molecule has 29 heavy (non-hydrogen) atoms. The third-order valence-corrected chi connectivity index (χ3v) is 4.74. The minimum Gasteiger partial charge on any atom is -0.443 e. The largest absolute Gasteiger partial charge is 0.443 e. The van der Waals surface area contributed by atoms with Gasteiger partial charge in [0.2, 0.25) is 0 Å². The highest BCUT2D eigenvalue weighted by atomic mass is 16.3. The monoisotopic (exact) mass is 386 g/mol. The fourth-order valence-electron chi connectivity index (χ4n) is 3.08. The molecule has 4 aromatic rings. The second kappa shape index (κ2) is 8.14. The van der Waals surface area contributed by atoms with E-state index in [9.17, 15) is 4.79 Å². The summed E-state index contributed by atoms with van der Waals surface area (Å²) in [6.07, 6.45) is 3.09. The molecule has 2 heterocycles. The van der Waals surface area contributed by atoms with Gasteiger partial charge in [-0.15, -0.1) is 0 Å². The maximum Gasteiger partial charge on any atom is 0.259 e. The molecular formula is C23H22N4O2. The van der Waals surface area contributed by atoms with Crippen LogP contribution in [-0.4, -0.2) is 15.9 Å². The molecule has 2 N–H and O–H groups in total. The molecule has 0 unspecified atom stereocenters. The van der Waals surface area contributed by atoms with E-state index in [0.29, 0.717) is 23.8 Å². The molecule has 4 rings (SSSR count). The Balaban J connectivity index is 1.47. The van der Waals surface area contributed by atoms with Crippen LogP contribution in [0.3, 0.4) is 0 Å². The third-order valence-electron chi connectivity index (χ3n) is 4.74. The Morgan fingerprint density at radius 1 is 1.07 bits per heavy atom. The van der Waals surface area contributed by atoms with Crippen molar-refractivity contribution in [2.45, 2.75) is 26.3 Å². The van der Waals surface area contributed by atoms with Crippen molar-refractivity contribution in [3.05, 3.63) is 83.9 Å². The number of amides is 1. The number of benzene rings is 2. The number of pyridine rings is 1. The Morgan fingerprint density at radius 3 is 2.69 bits per heavy atom. The Bertz CT molecular complexity index is 1130. The van der Waals surface area contributed by atoms with Crippen LogP contribution in [0.5, 0.6) is 0 Å². The lowest BCUT2D eigenvalue weighted by Gasteiger charge is -2.12. The summed E-state index contributed by atoms with van der Waals surface area (Å²) in [5, 5.41) is 6.19. The van der Waals surface area contributed by atoms with Crippen molar-refractivity contribution in [1.82, 2.24) is 9.97 Å². The maximum absolute atomic E-state index is 12.8. The van der Waals surface area contributed by atoms with Crippen LogP contribution in [0, 0.1) is 0 Å². The Labute approximate surface area is 169 Å². The number of fused-ring (bicyclic) bond motifs is 1. The fourth-order valence-corrected chi connectivity index (χ4v) is 3.08. The van der Waals surface area contributed by atoms with E-state index >= 15 is 0 Å². The first-order valence-electron chi connectivity index (χ1n) is 9.52. The maximum atomic E-state index is 12.8. The van der Waals surface area contributed by atoms with Crippen LogP contribution < -0.4 is 10.6 Å². The van der Waals surface area contributed by atoms with Gasteiger partial charge < -0.3 is 15.1 Å². The minimum absolute atomic E-state index is 0.204. The molecule has 0 aliphatic carbocycles. The molecule has 146 valence electrons. The molecule has 0 saturated carbocycles. The summed E-state index contributed by atoms with van der Waals surface area (Å²) in [5.41, 5.74) is 5.04. The van der Waals surface area contributed by atoms with Gasteiger partial charge in [-0.1, -0.05) is 32.0 Å². The minimum atomic E-state index is -0.204. The molecule has 2 aromatic carbocycles. The molecule has 0 atom stereocenters. The first kappa shape index (κ1) is 18.7. The molecule has 6 nitrogen and oxygen atoms in total. The van der Waals surface area contributed by atoms with Gasteiger partial charge in [0.25, 0.3) is 5.91 Å². The van der Waals surface area contributed by atoms with Crippen LogP contribution >= 0.6 is 0 Å². The van der Waals surface area contributed by atoms with Crippen LogP contribution in [-0.2, 0) is 6.54 Å². The van der Waals surface area contributed by atoms with Crippen LogP contribution in [0.2, 0.25) is 0 Å². The van der Waals surface area contributed by atoms with Gasteiger partial charge in [-0.25, -0.2) is 9.97 Å². The normalized spacial score (nSPS) is 11.0. The van der Waals surface area contributed by atoms with Crippen molar-refractivity contribution in [2.24, 2.45) is 0 Å². The molecule has 0 aliphatic rings. The lowest BCUT2D eigenvalue weighted by molar-refractivity contribution is 0.102. The lowest BCUT2D eigenvalue weighted by atomic mass is 10.0. The van der Waals surface area contributed by atoms with Gasteiger partial charge in [-0.2, -0.15) is 0 Å². The molecule has 0 spiro atoms. The predicted octanol–water partition coefficient (Wildman–Crippen LogP) is 5.21. The fraction of sp³-hybridized carbons (Fsp3) is 0.174. The quantitative estimate of drug-likeness (QED) is 0.475. The molecule has 0 bridgehead atoms. The van der Waals surface area contributed by atoms with Crippen molar-refractivity contribution >= 4 is 28.5 Å². The summed E-state index contributed by atoms with van der Waals surface area (Å²) < 4.78 is 5.27. The molecule has 1 amide bonds. The number of hydrogen-bond acceptors (Lipinski definition) is 5. The van der Waals surface area contributed by atoms with Gasteiger partial charge >= 0.3 is 0 Å². The number of nitrogens with one attached hydrogen (secondary N) is 2. The summed E-state index contributed by atoms with van der Waals surface area (Å²) in [7, 11) is 0. The van der Waals surface area contributed by atoms with E-state index in [0.717, 1.165) is 22.4 Å². The topological polar surface area (TPSA) is 80.0 Å². The van der Waals surface area contributed by atoms with Gasteiger partial charge in [0.1, 0.15) is 11.3 Å². The summed E-state index contributed by atoms with van der Waals surface area (Å²) >= 11 is 0. The van der Waals surface area contributed by atoms with Crippen molar-refractivity contribution in [1.29, 1.82) is 0 Å². The van der Waals surface area contributed by atoms with E-state index < -0.39 is 0 Å². The van der Waals surface area contributed by atoms with Crippen molar-refractivity contribution in [3.8, 4) is 0 Å². The van der Waals surface area contributed by atoms with Crippen molar-refractivity contribution in [3.63, 3.8) is 0 Å². The zero-order valence-electron chi connectivity index (χ0n) is 16.3. The first-order chi connectivity index (χ1) is 14.1. The van der Waals surface area contributed by atoms with Crippen molar-refractivity contribution < 1.29 is 9.21 Å². The van der Waals surface area contributed by atoms with E-state index in [4.69, 9.17) is 4.42 Å². The molecule has 0 fully saturated rings. The molecular weight excluding hydrogens is 364 g/mol. The van der Waals surface area contributed by atoms with Crippen LogP contribution in [0.1, 0.15) is 41.3 Å². The van der Waals surface area contributed by atoms with Crippen molar-refractivity contribution in [2.75, 3.05) is 10.6 Å². The first-order valence-corrected chi connectivity index (χ1v) is 9.52. The van der Waals surface area contributed by atoms with Crippen LogP contribution in [0.4, 0.5) is 11.5 Å².